The molecule has 1 amide bonds. The quantitative estimate of drug-likeness (QED) is 0.0814. The van der Waals surface area contributed by atoms with Crippen LogP contribution in [-0.4, -0.2) is 44.9 Å². The van der Waals surface area contributed by atoms with Crippen molar-refractivity contribution in [1.29, 1.82) is 0 Å². The molecule has 3 aromatic heterocycles. The minimum absolute atomic E-state index is 0.0743. The molecule has 43 heavy (non-hydrogen) atoms. The van der Waals surface area contributed by atoms with Gasteiger partial charge in [0.2, 0.25) is 0 Å². The lowest BCUT2D eigenvalue weighted by Gasteiger charge is -2.24. The third-order valence-corrected chi connectivity index (χ3v) is 8.68. The van der Waals surface area contributed by atoms with E-state index < -0.39 is 17.7 Å². The van der Waals surface area contributed by atoms with Gasteiger partial charge in [0.05, 0.1) is 41.2 Å². The van der Waals surface area contributed by atoms with Gasteiger partial charge in [0.1, 0.15) is 11.3 Å². The van der Waals surface area contributed by atoms with Crippen molar-refractivity contribution >= 4 is 61.4 Å². The third kappa shape index (κ3) is 5.10. The number of fused-ring (bicyclic) bond motifs is 2. The number of amides is 1. The molecule has 1 aliphatic rings. The minimum atomic E-state index is -1.01. The van der Waals surface area contributed by atoms with Crippen LogP contribution in [0.2, 0.25) is 5.02 Å². The van der Waals surface area contributed by atoms with Gasteiger partial charge in [-0.2, -0.15) is 0 Å². The first-order valence-electron chi connectivity index (χ1n) is 13.9. The molecule has 0 bridgehead atoms. The molecule has 0 saturated carbocycles. The van der Waals surface area contributed by atoms with E-state index in [2.05, 4.69) is 16.9 Å². The van der Waals surface area contributed by atoms with Crippen LogP contribution in [-0.2, 0) is 9.59 Å². The molecule has 1 unspecified atom stereocenters. The van der Waals surface area contributed by atoms with Crippen molar-refractivity contribution in [3.8, 4) is 11.5 Å². The molecule has 1 N–H and O–H groups in total. The Morgan fingerprint density at radius 1 is 1.07 bits per heavy atom. The van der Waals surface area contributed by atoms with Gasteiger partial charge in [-0.3, -0.25) is 18.9 Å². The molecule has 220 valence electrons. The molecule has 1 atom stereocenters. The Morgan fingerprint density at radius 2 is 1.91 bits per heavy atom. The second kappa shape index (κ2) is 11.7. The monoisotopic (exact) mass is 616 g/mol. The Balaban J connectivity index is 1.54. The van der Waals surface area contributed by atoms with Crippen LogP contribution in [0, 0.1) is 6.92 Å². The number of thiazole rings is 1. The number of benzene rings is 2. The molecule has 0 aliphatic carbocycles. The highest BCUT2D eigenvalue weighted by Crippen LogP contribution is 2.46. The van der Waals surface area contributed by atoms with Gasteiger partial charge < -0.3 is 14.6 Å². The zero-order chi connectivity index (χ0) is 30.2. The lowest BCUT2D eigenvalue weighted by Crippen LogP contribution is -2.29. The number of aromatic nitrogens is 3. The van der Waals surface area contributed by atoms with Crippen LogP contribution in [0.15, 0.2) is 66.4 Å². The number of unbranched alkanes of at least 4 members (excludes halogenated alkanes) is 2. The van der Waals surface area contributed by atoms with E-state index in [1.807, 2.05) is 6.07 Å². The van der Waals surface area contributed by atoms with E-state index in [1.54, 1.807) is 66.1 Å². The summed E-state index contributed by atoms with van der Waals surface area (Å²) in [6.45, 7) is 4.40. The van der Waals surface area contributed by atoms with Gasteiger partial charge >= 0.3 is 5.91 Å². The van der Waals surface area contributed by atoms with Gasteiger partial charge in [0.25, 0.3) is 5.78 Å². The molecular weight excluding hydrogens is 588 g/mol. The molecule has 2 aromatic carbocycles. The first kappa shape index (κ1) is 28.7. The van der Waals surface area contributed by atoms with Crippen molar-refractivity contribution in [2.45, 2.75) is 39.2 Å². The van der Waals surface area contributed by atoms with Crippen molar-refractivity contribution in [2.75, 3.05) is 18.6 Å². The van der Waals surface area contributed by atoms with E-state index in [0.29, 0.717) is 56.4 Å². The molecule has 6 rings (SSSR count). The highest BCUT2D eigenvalue weighted by Gasteiger charge is 2.49. The van der Waals surface area contributed by atoms with Gasteiger partial charge in [-0.25, -0.2) is 9.97 Å². The summed E-state index contributed by atoms with van der Waals surface area (Å²) in [5.74, 6) is -0.968. The fourth-order valence-corrected chi connectivity index (χ4v) is 6.64. The van der Waals surface area contributed by atoms with Crippen LogP contribution >= 0.6 is 22.9 Å². The average molecular weight is 617 g/mol. The number of ether oxygens (including phenoxy) is 2. The smallest absolute Gasteiger partial charge is 0.301 e. The van der Waals surface area contributed by atoms with Crippen molar-refractivity contribution in [1.82, 2.24) is 14.4 Å². The maximum atomic E-state index is 13.8. The summed E-state index contributed by atoms with van der Waals surface area (Å²) in [5.41, 5.74) is 2.55. The van der Waals surface area contributed by atoms with Crippen LogP contribution in [0.5, 0.6) is 11.5 Å². The lowest BCUT2D eigenvalue weighted by atomic mass is 9.96. The fourth-order valence-electron chi connectivity index (χ4n) is 5.37. The molecule has 11 heteroatoms. The van der Waals surface area contributed by atoms with Crippen LogP contribution in [0.25, 0.3) is 21.6 Å². The van der Waals surface area contributed by atoms with Crippen molar-refractivity contribution in [3.63, 3.8) is 0 Å². The molecule has 1 fully saturated rings. The largest absolute Gasteiger partial charge is 0.505 e. The molecule has 1 aliphatic heterocycles. The lowest BCUT2D eigenvalue weighted by molar-refractivity contribution is -0.132. The summed E-state index contributed by atoms with van der Waals surface area (Å²) in [4.78, 5) is 38.1. The van der Waals surface area contributed by atoms with Crippen LogP contribution in [0.4, 0.5) is 5.13 Å². The summed E-state index contributed by atoms with van der Waals surface area (Å²) in [6, 6.07) is 15.0. The van der Waals surface area contributed by atoms with E-state index >= 15 is 0 Å². The van der Waals surface area contributed by atoms with Gasteiger partial charge in [0.15, 0.2) is 22.4 Å². The molecule has 0 radical (unpaired) electrons. The van der Waals surface area contributed by atoms with E-state index in [9.17, 15) is 14.7 Å². The number of pyridine rings is 1. The fraction of sp³-hybridized carbons (Fsp3) is 0.250. The Kier molecular flexibility index (Phi) is 7.81. The molecule has 5 aromatic rings. The van der Waals surface area contributed by atoms with Gasteiger partial charge in [0, 0.05) is 11.2 Å². The van der Waals surface area contributed by atoms with E-state index in [4.69, 9.17) is 21.1 Å². The SMILES string of the molecule is CCCCCOc1ccc(C2/C(=C(\O)c3c(C)nc4ccccn34)C(=O)C(=O)N2c2nc3ccc(Cl)cc3s2)cc1OC. The maximum absolute atomic E-state index is 13.8. The third-order valence-electron chi connectivity index (χ3n) is 7.43. The Hall–Kier alpha value is -4.41. The van der Waals surface area contributed by atoms with Gasteiger partial charge in [-0.05, 0) is 61.4 Å². The number of nitrogens with zero attached hydrogens (tertiary/aromatic N) is 4. The number of rotatable bonds is 9. The van der Waals surface area contributed by atoms with Crippen molar-refractivity contribution in [3.05, 3.63) is 88.3 Å². The highest BCUT2D eigenvalue weighted by atomic mass is 35.5. The average Bonchev–Trinajstić information content (AvgIpc) is 3.65. The number of halogens is 1. The maximum Gasteiger partial charge on any atom is 0.301 e. The van der Waals surface area contributed by atoms with E-state index in [1.165, 1.54) is 23.3 Å². The highest BCUT2D eigenvalue weighted by molar-refractivity contribution is 7.22. The number of Topliss-reactive ketones (excluding diaryl/α,β-unsaturated/α-hetero) is 1. The Morgan fingerprint density at radius 3 is 2.70 bits per heavy atom. The standard InChI is InChI=1S/C32H29ClN4O5S/c1-4-5-8-15-42-22-13-10-19(16-23(22)41-3)28-26(29(38)27-18(2)34-25-9-6-7-14-36(25)27)30(39)31(40)37(28)32-35-21-12-11-20(33)17-24(21)43-32/h6-7,9-14,16-17,28,38H,4-5,8,15H2,1-3H3/b29-26+. The van der Waals surface area contributed by atoms with Gasteiger partial charge in [-0.1, -0.05) is 54.8 Å². The number of imidazole rings is 1. The molecule has 1 saturated heterocycles. The first-order valence-corrected chi connectivity index (χ1v) is 15.1. The topological polar surface area (TPSA) is 106 Å². The first-order chi connectivity index (χ1) is 20.8. The number of aryl methyl sites for hydroxylation is 1. The second-order valence-electron chi connectivity index (χ2n) is 10.2. The zero-order valence-electron chi connectivity index (χ0n) is 23.8. The number of anilines is 1. The van der Waals surface area contributed by atoms with Crippen LogP contribution in [0.3, 0.4) is 0 Å². The number of carbonyl (C=O) groups excluding carboxylic acids is 2. The van der Waals surface area contributed by atoms with Gasteiger partial charge in [-0.15, -0.1) is 0 Å². The van der Waals surface area contributed by atoms with E-state index in [0.717, 1.165) is 24.0 Å². The number of hydrogen-bond acceptors (Lipinski definition) is 8. The molecular formula is C32H29ClN4O5S. The molecule has 0 spiro atoms. The predicted molar refractivity (Wildman–Crippen MR) is 167 cm³/mol. The summed E-state index contributed by atoms with van der Waals surface area (Å²) in [6.07, 6.45) is 4.77. The van der Waals surface area contributed by atoms with Crippen LogP contribution in [0.1, 0.15) is 49.2 Å². The number of hydrogen-bond donors (Lipinski definition) is 1. The normalized spacial score (nSPS) is 16.5. The van der Waals surface area contributed by atoms with E-state index in [-0.39, 0.29) is 11.3 Å². The Bertz CT molecular complexity index is 1910. The predicted octanol–water partition coefficient (Wildman–Crippen LogP) is 7.11. The number of methoxy groups -OCH3 is 1. The summed E-state index contributed by atoms with van der Waals surface area (Å²) in [7, 11) is 1.54. The Labute approximate surface area is 257 Å². The molecule has 4 heterocycles. The number of aliphatic hydroxyl groups excluding tert-OH is 1. The summed E-state index contributed by atoms with van der Waals surface area (Å²) >= 11 is 7.46. The number of carbonyl (C=O) groups is 2. The zero-order valence-corrected chi connectivity index (χ0v) is 25.4. The number of ketones is 1. The molecule has 9 nitrogen and oxygen atoms in total. The summed E-state index contributed by atoms with van der Waals surface area (Å²) < 4.78 is 14.1. The van der Waals surface area contributed by atoms with Crippen LogP contribution < -0.4 is 14.4 Å². The number of aliphatic hydroxyl groups is 1. The minimum Gasteiger partial charge on any atom is -0.505 e. The van der Waals surface area contributed by atoms with Crippen molar-refractivity contribution < 1.29 is 24.2 Å². The summed E-state index contributed by atoms with van der Waals surface area (Å²) in [5, 5.41) is 12.7. The second-order valence-corrected chi connectivity index (χ2v) is 11.7. The van der Waals surface area contributed by atoms with Crippen molar-refractivity contribution in [2.24, 2.45) is 0 Å².